The monoisotopic (exact) mass is 309 g/mol. The van der Waals surface area contributed by atoms with Gasteiger partial charge in [0.1, 0.15) is 0 Å². The Bertz CT molecular complexity index is 501. The fourth-order valence-electron chi connectivity index (χ4n) is 2.63. The van der Waals surface area contributed by atoms with E-state index in [9.17, 15) is 9.59 Å². The van der Waals surface area contributed by atoms with Crippen LogP contribution in [0, 0.1) is 19.8 Å². The first-order chi connectivity index (χ1) is 10.0. The molecule has 1 saturated carbocycles. The number of carbonyl (C=O) groups excluding carboxylic acids is 2. The lowest BCUT2D eigenvalue weighted by Gasteiger charge is -2.23. The van der Waals surface area contributed by atoms with E-state index in [2.05, 4.69) is 10.3 Å². The molecule has 1 aliphatic rings. The second kappa shape index (κ2) is 7.02. The van der Waals surface area contributed by atoms with E-state index in [1.165, 1.54) is 11.3 Å². The minimum Gasteiger partial charge on any atom is -0.333 e. The topological polar surface area (TPSA) is 62.3 Å². The lowest BCUT2D eigenvalue weighted by Crippen LogP contribution is -2.40. The summed E-state index contributed by atoms with van der Waals surface area (Å²) in [6, 6.07) is 0. The number of aromatic nitrogens is 1. The Hall–Kier alpha value is -1.43. The highest BCUT2D eigenvalue weighted by Gasteiger charge is 2.27. The van der Waals surface area contributed by atoms with Crippen molar-refractivity contribution in [2.75, 3.05) is 18.4 Å². The van der Waals surface area contributed by atoms with Crippen LogP contribution in [-0.4, -0.2) is 34.8 Å². The van der Waals surface area contributed by atoms with Gasteiger partial charge in [-0.3, -0.25) is 9.59 Å². The first-order valence-electron chi connectivity index (χ1n) is 7.54. The summed E-state index contributed by atoms with van der Waals surface area (Å²) in [5.74, 6) is 0.0655. The van der Waals surface area contributed by atoms with Gasteiger partial charge in [-0.25, -0.2) is 4.98 Å². The van der Waals surface area contributed by atoms with Gasteiger partial charge in [-0.05, 0) is 33.6 Å². The van der Waals surface area contributed by atoms with Crippen LogP contribution >= 0.6 is 11.3 Å². The summed E-state index contributed by atoms with van der Waals surface area (Å²) in [6.45, 7) is 6.49. The number of carbonyl (C=O) groups is 2. The van der Waals surface area contributed by atoms with Crippen LogP contribution in [0.4, 0.5) is 5.13 Å². The number of aryl methyl sites for hydroxylation is 2. The Labute approximate surface area is 129 Å². The van der Waals surface area contributed by atoms with E-state index in [1.54, 1.807) is 4.90 Å². The molecule has 0 unspecified atom stereocenters. The second-order valence-electron chi connectivity index (χ2n) is 5.54. The van der Waals surface area contributed by atoms with Crippen molar-refractivity contribution in [1.82, 2.24) is 9.88 Å². The Morgan fingerprint density at radius 3 is 2.52 bits per heavy atom. The molecule has 0 aliphatic heterocycles. The van der Waals surface area contributed by atoms with Gasteiger partial charge in [0.15, 0.2) is 5.13 Å². The summed E-state index contributed by atoms with van der Waals surface area (Å²) in [7, 11) is 0. The SMILES string of the molecule is CCN(CC(=O)Nc1nc(C)c(C)s1)C(=O)C1CCCC1. The van der Waals surface area contributed by atoms with E-state index in [4.69, 9.17) is 0 Å². The van der Waals surface area contributed by atoms with E-state index in [0.29, 0.717) is 11.7 Å². The molecular formula is C15H23N3O2S. The van der Waals surface area contributed by atoms with Crippen molar-refractivity contribution in [2.24, 2.45) is 5.92 Å². The zero-order valence-electron chi connectivity index (χ0n) is 12.9. The van der Waals surface area contributed by atoms with Crippen LogP contribution in [0.15, 0.2) is 0 Å². The minimum atomic E-state index is -0.169. The van der Waals surface area contributed by atoms with Gasteiger partial charge in [0.2, 0.25) is 11.8 Å². The molecule has 0 saturated heterocycles. The number of hydrogen-bond donors (Lipinski definition) is 1. The highest BCUT2D eigenvalue weighted by atomic mass is 32.1. The molecule has 1 fully saturated rings. The zero-order valence-corrected chi connectivity index (χ0v) is 13.8. The number of anilines is 1. The lowest BCUT2D eigenvalue weighted by atomic mass is 10.1. The molecule has 5 nitrogen and oxygen atoms in total. The second-order valence-corrected chi connectivity index (χ2v) is 6.75. The van der Waals surface area contributed by atoms with Gasteiger partial charge in [0.05, 0.1) is 12.2 Å². The number of nitrogens with zero attached hydrogens (tertiary/aromatic N) is 2. The number of amides is 2. The van der Waals surface area contributed by atoms with E-state index in [0.717, 1.165) is 36.3 Å². The highest BCUT2D eigenvalue weighted by molar-refractivity contribution is 7.15. The van der Waals surface area contributed by atoms with Crippen molar-refractivity contribution in [3.63, 3.8) is 0 Å². The molecule has 2 rings (SSSR count). The van der Waals surface area contributed by atoms with Crippen LogP contribution < -0.4 is 5.32 Å². The van der Waals surface area contributed by atoms with Gasteiger partial charge in [0, 0.05) is 17.3 Å². The minimum absolute atomic E-state index is 0.113. The fraction of sp³-hybridized carbons (Fsp3) is 0.667. The first kappa shape index (κ1) is 15.9. The van der Waals surface area contributed by atoms with Gasteiger partial charge < -0.3 is 10.2 Å². The van der Waals surface area contributed by atoms with Crippen molar-refractivity contribution in [1.29, 1.82) is 0 Å². The predicted octanol–water partition coefficient (Wildman–Crippen LogP) is 2.74. The molecular weight excluding hydrogens is 286 g/mol. The van der Waals surface area contributed by atoms with Crippen LogP contribution in [-0.2, 0) is 9.59 Å². The van der Waals surface area contributed by atoms with Crippen molar-refractivity contribution in [3.05, 3.63) is 10.6 Å². The maximum Gasteiger partial charge on any atom is 0.245 e. The number of hydrogen-bond acceptors (Lipinski definition) is 4. The van der Waals surface area contributed by atoms with Crippen molar-refractivity contribution in [3.8, 4) is 0 Å². The molecule has 0 aromatic carbocycles. The average Bonchev–Trinajstić information content (AvgIpc) is 3.06. The quantitative estimate of drug-likeness (QED) is 0.909. The molecule has 0 radical (unpaired) electrons. The molecule has 0 spiro atoms. The smallest absolute Gasteiger partial charge is 0.245 e. The van der Waals surface area contributed by atoms with Gasteiger partial charge >= 0.3 is 0 Å². The van der Waals surface area contributed by atoms with Crippen LogP contribution in [0.25, 0.3) is 0 Å². The molecule has 0 atom stereocenters. The molecule has 21 heavy (non-hydrogen) atoms. The third-order valence-electron chi connectivity index (χ3n) is 4.01. The Kier molecular flexibility index (Phi) is 5.33. The Morgan fingerprint density at radius 1 is 1.33 bits per heavy atom. The molecule has 1 aromatic heterocycles. The Balaban J connectivity index is 1.91. The zero-order chi connectivity index (χ0) is 15.4. The molecule has 2 amide bonds. The third-order valence-corrected chi connectivity index (χ3v) is 5.00. The standard InChI is InChI=1S/C15H23N3O2S/c1-4-18(14(20)12-7-5-6-8-12)9-13(19)17-15-16-10(2)11(3)21-15/h12H,4-9H2,1-3H3,(H,16,17,19). The summed E-state index contributed by atoms with van der Waals surface area (Å²) in [6.07, 6.45) is 4.17. The highest BCUT2D eigenvalue weighted by Crippen LogP contribution is 2.26. The molecule has 1 N–H and O–H groups in total. The maximum absolute atomic E-state index is 12.4. The van der Waals surface area contributed by atoms with E-state index < -0.39 is 0 Å². The van der Waals surface area contributed by atoms with Crippen molar-refractivity contribution >= 4 is 28.3 Å². The largest absolute Gasteiger partial charge is 0.333 e. The number of nitrogens with one attached hydrogen (secondary N) is 1. The average molecular weight is 309 g/mol. The molecule has 0 bridgehead atoms. The van der Waals surface area contributed by atoms with Gasteiger partial charge in [-0.15, -0.1) is 11.3 Å². The predicted molar refractivity (Wildman–Crippen MR) is 84.4 cm³/mol. The third kappa shape index (κ3) is 4.03. The first-order valence-corrected chi connectivity index (χ1v) is 8.35. The van der Waals surface area contributed by atoms with E-state index >= 15 is 0 Å². The Morgan fingerprint density at radius 2 is 2.00 bits per heavy atom. The van der Waals surface area contributed by atoms with Crippen molar-refractivity contribution < 1.29 is 9.59 Å². The van der Waals surface area contributed by atoms with Crippen LogP contribution in [0.1, 0.15) is 43.2 Å². The summed E-state index contributed by atoms with van der Waals surface area (Å²) in [5.41, 5.74) is 0.935. The summed E-state index contributed by atoms with van der Waals surface area (Å²) in [4.78, 5) is 31.5. The van der Waals surface area contributed by atoms with Crippen molar-refractivity contribution in [2.45, 2.75) is 46.5 Å². The van der Waals surface area contributed by atoms with E-state index in [1.807, 2.05) is 20.8 Å². The van der Waals surface area contributed by atoms with E-state index in [-0.39, 0.29) is 24.3 Å². The molecule has 1 aliphatic carbocycles. The molecule has 1 aromatic rings. The van der Waals surface area contributed by atoms with Gasteiger partial charge in [-0.2, -0.15) is 0 Å². The van der Waals surface area contributed by atoms with Gasteiger partial charge in [-0.1, -0.05) is 12.8 Å². The fourth-order valence-corrected chi connectivity index (χ4v) is 3.47. The number of thiazole rings is 1. The molecule has 116 valence electrons. The summed E-state index contributed by atoms with van der Waals surface area (Å²) in [5, 5.41) is 3.40. The number of likely N-dealkylation sites (N-methyl/N-ethyl adjacent to an activating group) is 1. The number of rotatable bonds is 5. The van der Waals surface area contributed by atoms with Crippen LogP contribution in [0.2, 0.25) is 0 Å². The lowest BCUT2D eigenvalue weighted by molar-refractivity contribution is -0.138. The summed E-state index contributed by atoms with van der Waals surface area (Å²) < 4.78 is 0. The normalized spacial score (nSPS) is 15.2. The van der Waals surface area contributed by atoms with Crippen LogP contribution in [0.3, 0.4) is 0 Å². The van der Waals surface area contributed by atoms with Crippen LogP contribution in [0.5, 0.6) is 0 Å². The maximum atomic E-state index is 12.4. The molecule has 1 heterocycles. The molecule has 6 heteroatoms. The summed E-state index contributed by atoms with van der Waals surface area (Å²) >= 11 is 1.46. The van der Waals surface area contributed by atoms with Gasteiger partial charge in [0.25, 0.3) is 0 Å².